The summed E-state index contributed by atoms with van der Waals surface area (Å²) in [6.07, 6.45) is 1.01. The molecule has 0 radical (unpaired) electrons. The molecule has 0 aliphatic carbocycles. The average molecular weight is 308 g/mol. The lowest BCUT2D eigenvalue weighted by Crippen LogP contribution is -2.37. The van der Waals surface area contributed by atoms with E-state index in [0.717, 1.165) is 31.1 Å². The summed E-state index contributed by atoms with van der Waals surface area (Å²) in [6.45, 7) is 4.90. The van der Waals surface area contributed by atoms with Crippen molar-refractivity contribution in [2.45, 2.75) is 19.4 Å². The number of carbonyl (C=O) groups is 1. The van der Waals surface area contributed by atoms with Crippen LogP contribution in [0.3, 0.4) is 0 Å². The third kappa shape index (κ3) is 2.96. The lowest BCUT2D eigenvalue weighted by Gasteiger charge is -2.29. The van der Waals surface area contributed by atoms with Gasteiger partial charge in [-0.2, -0.15) is 5.26 Å². The summed E-state index contributed by atoms with van der Waals surface area (Å²) in [5.74, 6) is -0.486. The second-order valence-corrected chi connectivity index (χ2v) is 6.29. The van der Waals surface area contributed by atoms with Crippen LogP contribution in [0.4, 0.5) is 10.7 Å². The molecule has 1 unspecified atom stereocenters. The molecular formula is C14H20N4O2S. The Labute approximate surface area is 128 Å². The van der Waals surface area contributed by atoms with Gasteiger partial charge >= 0.3 is 5.97 Å². The average Bonchev–Trinajstić information content (AvgIpc) is 2.68. The quantitative estimate of drug-likeness (QED) is 0.834. The molecule has 0 amide bonds. The first-order valence-electron chi connectivity index (χ1n) is 6.85. The molecule has 2 rings (SSSR count). The first kappa shape index (κ1) is 15.6. The third-order valence-corrected chi connectivity index (χ3v) is 4.94. The maximum Gasteiger partial charge on any atom is 0.350 e. The minimum Gasteiger partial charge on any atom is -0.465 e. The molecular weight excluding hydrogens is 288 g/mol. The number of hydrogen-bond acceptors (Lipinski definition) is 7. The first-order chi connectivity index (χ1) is 9.99. The van der Waals surface area contributed by atoms with E-state index in [1.807, 2.05) is 0 Å². The minimum absolute atomic E-state index is 0.231. The van der Waals surface area contributed by atoms with E-state index in [4.69, 9.17) is 10.5 Å². The zero-order valence-electron chi connectivity index (χ0n) is 12.5. The number of rotatable bonds is 2. The molecule has 6 nitrogen and oxygen atoms in total. The number of likely N-dealkylation sites (N-methyl/N-ethyl adjacent to an activating group) is 1. The number of thiophene rings is 1. The number of methoxy groups -OCH3 is 1. The number of nitrogens with zero attached hydrogens (tertiary/aromatic N) is 3. The summed E-state index contributed by atoms with van der Waals surface area (Å²) >= 11 is 1.25. The van der Waals surface area contributed by atoms with Gasteiger partial charge in [-0.15, -0.1) is 11.3 Å². The van der Waals surface area contributed by atoms with Crippen LogP contribution in [0.2, 0.25) is 0 Å². The molecule has 2 heterocycles. The summed E-state index contributed by atoms with van der Waals surface area (Å²) in [5, 5.41) is 10.2. The fraction of sp³-hybridized carbons (Fsp3) is 0.571. The summed E-state index contributed by atoms with van der Waals surface area (Å²) in [5.41, 5.74) is 6.58. The molecule has 21 heavy (non-hydrogen) atoms. The first-order valence-corrected chi connectivity index (χ1v) is 7.67. The molecule has 2 N–H and O–H groups in total. The van der Waals surface area contributed by atoms with Crippen molar-refractivity contribution in [2.24, 2.45) is 0 Å². The smallest absolute Gasteiger partial charge is 0.350 e. The number of ether oxygens (including phenoxy) is 1. The number of esters is 1. The standard InChI is InChI=1S/C14H20N4O2S/c1-9-8-17(2)5-4-6-18(9)13-10(7-15)11(16)12(21-13)14(19)20-3/h9H,4-6,8,16H2,1-3H3. The minimum atomic E-state index is -0.486. The number of hydrogen-bond donors (Lipinski definition) is 1. The molecule has 0 saturated carbocycles. The SMILES string of the molecule is COC(=O)c1sc(N2CCCN(C)CC2C)c(C#N)c1N. The predicted molar refractivity (Wildman–Crippen MR) is 83.7 cm³/mol. The Bertz CT molecular complexity index is 578. The van der Waals surface area contributed by atoms with E-state index in [1.54, 1.807) is 0 Å². The van der Waals surface area contributed by atoms with Crippen LogP contribution in [0.25, 0.3) is 0 Å². The molecule has 0 aromatic carbocycles. The van der Waals surface area contributed by atoms with Crippen LogP contribution in [-0.2, 0) is 4.74 Å². The second kappa shape index (κ2) is 6.33. The van der Waals surface area contributed by atoms with Crippen molar-refractivity contribution in [1.29, 1.82) is 5.26 Å². The third-order valence-electron chi connectivity index (χ3n) is 3.72. The molecule has 0 spiro atoms. The maximum absolute atomic E-state index is 11.8. The lowest BCUT2D eigenvalue weighted by atomic mass is 10.2. The molecule has 1 saturated heterocycles. The molecule has 1 fully saturated rings. The lowest BCUT2D eigenvalue weighted by molar-refractivity contribution is 0.0607. The van der Waals surface area contributed by atoms with Gasteiger partial charge in [0.05, 0.1) is 12.8 Å². The van der Waals surface area contributed by atoms with Crippen LogP contribution in [0.1, 0.15) is 28.6 Å². The Kier molecular flexibility index (Phi) is 4.70. The van der Waals surface area contributed by atoms with Crippen LogP contribution in [0.5, 0.6) is 0 Å². The van der Waals surface area contributed by atoms with Crippen LogP contribution in [0, 0.1) is 11.3 Å². The fourth-order valence-electron chi connectivity index (χ4n) is 2.66. The highest BCUT2D eigenvalue weighted by Gasteiger charge is 2.28. The Morgan fingerprint density at radius 2 is 2.24 bits per heavy atom. The zero-order chi connectivity index (χ0) is 15.6. The van der Waals surface area contributed by atoms with E-state index in [9.17, 15) is 10.1 Å². The molecule has 7 heteroatoms. The largest absolute Gasteiger partial charge is 0.465 e. The van der Waals surface area contributed by atoms with Crippen molar-refractivity contribution < 1.29 is 9.53 Å². The van der Waals surface area contributed by atoms with Crippen molar-refractivity contribution in [3.8, 4) is 6.07 Å². The van der Waals surface area contributed by atoms with Gasteiger partial charge in [0.2, 0.25) is 0 Å². The van der Waals surface area contributed by atoms with Gasteiger partial charge in [0.15, 0.2) is 0 Å². The zero-order valence-corrected chi connectivity index (χ0v) is 13.4. The Balaban J connectivity index is 2.43. The van der Waals surface area contributed by atoms with E-state index in [0.29, 0.717) is 10.4 Å². The number of nitrogens with two attached hydrogens (primary N) is 1. The van der Waals surface area contributed by atoms with Gasteiger partial charge in [-0.25, -0.2) is 4.79 Å². The van der Waals surface area contributed by atoms with Crippen molar-refractivity contribution >= 4 is 28.0 Å². The van der Waals surface area contributed by atoms with Gasteiger partial charge in [-0.1, -0.05) is 0 Å². The van der Waals surface area contributed by atoms with Gasteiger partial charge in [0, 0.05) is 19.1 Å². The van der Waals surface area contributed by atoms with Crippen LogP contribution >= 0.6 is 11.3 Å². The highest BCUT2D eigenvalue weighted by Crippen LogP contribution is 2.39. The Morgan fingerprint density at radius 1 is 1.52 bits per heavy atom. The van der Waals surface area contributed by atoms with Crippen molar-refractivity contribution in [3.05, 3.63) is 10.4 Å². The number of anilines is 2. The summed E-state index contributed by atoms with van der Waals surface area (Å²) in [4.78, 5) is 16.5. The topological polar surface area (TPSA) is 82.6 Å². The van der Waals surface area contributed by atoms with Gasteiger partial charge in [0.25, 0.3) is 0 Å². The summed E-state index contributed by atoms with van der Waals surface area (Å²) < 4.78 is 4.74. The van der Waals surface area contributed by atoms with Gasteiger partial charge < -0.3 is 20.3 Å². The molecule has 1 atom stereocenters. The van der Waals surface area contributed by atoms with E-state index in [1.165, 1.54) is 18.4 Å². The molecule has 114 valence electrons. The van der Waals surface area contributed by atoms with Crippen LogP contribution in [-0.4, -0.2) is 50.7 Å². The molecule has 1 aromatic rings. The van der Waals surface area contributed by atoms with E-state index >= 15 is 0 Å². The van der Waals surface area contributed by atoms with Crippen molar-refractivity contribution in [1.82, 2.24) is 4.90 Å². The van der Waals surface area contributed by atoms with Crippen molar-refractivity contribution in [3.63, 3.8) is 0 Å². The fourth-order valence-corrected chi connectivity index (χ4v) is 3.88. The second-order valence-electron chi connectivity index (χ2n) is 5.29. The monoisotopic (exact) mass is 308 g/mol. The normalized spacial score (nSPS) is 19.9. The Morgan fingerprint density at radius 3 is 2.86 bits per heavy atom. The van der Waals surface area contributed by atoms with Crippen LogP contribution in [0.15, 0.2) is 0 Å². The molecule has 0 bridgehead atoms. The van der Waals surface area contributed by atoms with E-state index < -0.39 is 5.97 Å². The van der Waals surface area contributed by atoms with Crippen molar-refractivity contribution in [2.75, 3.05) is 44.4 Å². The maximum atomic E-state index is 11.8. The van der Waals surface area contributed by atoms with E-state index in [2.05, 4.69) is 29.8 Å². The molecule has 1 aliphatic heterocycles. The van der Waals surface area contributed by atoms with Crippen LogP contribution < -0.4 is 10.6 Å². The summed E-state index contributed by atoms with van der Waals surface area (Å²) in [6, 6.07) is 2.39. The predicted octanol–water partition coefficient (Wildman–Crippen LogP) is 1.52. The van der Waals surface area contributed by atoms with E-state index in [-0.39, 0.29) is 11.7 Å². The Hall–Kier alpha value is -1.78. The highest BCUT2D eigenvalue weighted by atomic mass is 32.1. The van der Waals surface area contributed by atoms with Gasteiger partial charge in [0.1, 0.15) is 21.5 Å². The van der Waals surface area contributed by atoms with Gasteiger partial charge in [-0.05, 0) is 26.9 Å². The number of nitriles is 1. The number of nitrogen functional groups attached to an aromatic ring is 1. The van der Waals surface area contributed by atoms with Gasteiger partial charge in [-0.3, -0.25) is 0 Å². The molecule has 1 aliphatic rings. The summed E-state index contributed by atoms with van der Waals surface area (Å²) in [7, 11) is 3.41. The highest BCUT2D eigenvalue weighted by molar-refractivity contribution is 7.18. The molecule has 1 aromatic heterocycles. The number of carbonyl (C=O) groups excluding carboxylic acids is 1.